The van der Waals surface area contributed by atoms with E-state index in [2.05, 4.69) is 38.0 Å². The van der Waals surface area contributed by atoms with E-state index in [9.17, 15) is 5.26 Å². The van der Waals surface area contributed by atoms with Gasteiger partial charge in [-0.25, -0.2) is 4.98 Å². The molecule has 23 heavy (non-hydrogen) atoms. The second-order valence-electron chi connectivity index (χ2n) is 6.19. The highest BCUT2D eigenvalue weighted by molar-refractivity contribution is 5.53. The molecule has 7 heteroatoms. The van der Waals surface area contributed by atoms with Gasteiger partial charge < -0.3 is 9.42 Å². The predicted octanol–water partition coefficient (Wildman–Crippen LogP) is 1.71. The first-order chi connectivity index (χ1) is 11.3. The molecule has 2 aromatic heterocycles. The number of pyridine rings is 1. The third-order valence-corrected chi connectivity index (χ3v) is 4.54. The zero-order valence-corrected chi connectivity index (χ0v) is 13.0. The molecule has 1 aliphatic carbocycles. The number of rotatable bonds is 3. The van der Waals surface area contributed by atoms with Gasteiger partial charge in [-0.2, -0.15) is 10.2 Å². The molecule has 0 spiro atoms. The van der Waals surface area contributed by atoms with Crippen LogP contribution in [0.4, 0.5) is 5.82 Å². The molecule has 0 unspecified atom stereocenters. The minimum absolute atomic E-state index is 0.0253. The van der Waals surface area contributed by atoms with Crippen LogP contribution in [0.25, 0.3) is 0 Å². The van der Waals surface area contributed by atoms with Crippen LogP contribution in [0.1, 0.15) is 42.1 Å². The van der Waals surface area contributed by atoms with Crippen molar-refractivity contribution >= 4 is 5.82 Å². The largest absolute Gasteiger partial charge is 0.352 e. The number of hydrogen-bond donors (Lipinski definition) is 0. The van der Waals surface area contributed by atoms with E-state index in [-0.39, 0.29) is 6.04 Å². The van der Waals surface area contributed by atoms with Gasteiger partial charge in [0.2, 0.25) is 5.89 Å². The molecule has 4 rings (SSSR count). The molecule has 2 aromatic rings. The van der Waals surface area contributed by atoms with E-state index in [0.29, 0.717) is 23.9 Å². The Morgan fingerprint density at radius 1 is 1.35 bits per heavy atom. The smallest absolute Gasteiger partial charge is 0.245 e. The third-order valence-electron chi connectivity index (χ3n) is 4.54. The van der Waals surface area contributed by atoms with Crippen LogP contribution >= 0.6 is 0 Å². The van der Waals surface area contributed by atoms with Gasteiger partial charge in [0.15, 0.2) is 5.82 Å². The number of hydrogen-bond acceptors (Lipinski definition) is 7. The lowest BCUT2D eigenvalue weighted by Crippen LogP contribution is -2.47. The van der Waals surface area contributed by atoms with Gasteiger partial charge in [-0.1, -0.05) is 5.16 Å². The highest BCUT2D eigenvalue weighted by Gasteiger charge is 2.34. The summed E-state index contributed by atoms with van der Waals surface area (Å²) in [6.07, 6.45) is 4.04. The Morgan fingerprint density at radius 2 is 2.22 bits per heavy atom. The second kappa shape index (κ2) is 5.63. The van der Waals surface area contributed by atoms with Crippen molar-refractivity contribution in [3.63, 3.8) is 0 Å². The first-order valence-electron chi connectivity index (χ1n) is 7.90. The van der Waals surface area contributed by atoms with E-state index in [1.807, 2.05) is 0 Å². The first-order valence-corrected chi connectivity index (χ1v) is 7.90. The maximum Gasteiger partial charge on any atom is 0.245 e. The molecule has 0 aromatic carbocycles. The Kier molecular flexibility index (Phi) is 3.46. The summed E-state index contributed by atoms with van der Waals surface area (Å²) < 4.78 is 5.50. The lowest BCUT2D eigenvalue weighted by atomic mass is 10.1. The van der Waals surface area contributed by atoms with Crippen molar-refractivity contribution in [1.29, 1.82) is 5.26 Å². The Bertz CT molecular complexity index is 747. The van der Waals surface area contributed by atoms with Gasteiger partial charge >= 0.3 is 0 Å². The normalized spacial score (nSPS) is 22.1. The van der Waals surface area contributed by atoms with Crippen LogP contribution in [0.15, 0.2) is 22.9 Å². The van der Waals surface area contributed by atoms with Crippen LogP contribution in [0, 0.1) is 11.3 Å². The number of anilines is 1. The predicted molar refractivity (Wildman–Crippen MR) is 82.8 cm³/mol. The fourth-order valence-electron chi connectivity index (χ4n) is 2.96. The van der Waals surface area contributed by atoms with Crippen molar-refractivity contribution < 1.29 is 4.52 Å². The van der Waals surface area contributed by atoms with Gasteiger partial charge in [0.05, 0.1) is 5.56 Å². The average Bonchev–Trinajstić information content (AvgIpc) is 3.33. The average molecular weight is 310 g/mol. The van der Waals surface area contributed by atoms with E-state index >= 15 is 0 Å². The summed E-state index contributed by atoms with van der Waals surface area (Å²) >= 11 is 0. The molecule has 7 nitrogen and oxygen atoms in total. The lowest BCUT2D eigenvalue weighted by Gasteiger charge is -2.38. The number of likely N-dealkylation sites (N-methyl/N-ethyl adjacent to an activating group) is 1. The highest BCUT2D eigenvalue weighted by atomic mass is 16.5. The molecule has 0 radical (unpaired) electrons. The van der Waals surface area contributed by atoms with Crippen LogP contribution in [-0.4, -0.2) is 46.7 Å². The molecule has 0 N–H and O–H groups in total. The molecule has 2 fully saturated rings. The van der Waals surface area contributed by atoms with Crippen molar-refractivity contribution in [3.05, 3.63) is 35.6 Å². The topological polar surface area (TPSA) is 82.1 Å². The Labute approximate surface area is 134 Å². The van der Waals surface area contributed by atoms with Crippen molar-refractivity contribution in [3.8, 4) is 6.07 Å². The molecule has 1 atom stereocenters. The summed E-state index contributed by atoms with van der Waals surface area (Å²) in [5, 5.41) is 13.4. The van der Waals surface area contributed by atoms with Crippen LogP contribution in [0.5, 0.6) is 0 Å². The van der Waals surface area contributed by atoms with Crippen LogP contribution in [-0.2, 0) is 0 Å². The minimum Gasteiger partial charge on any atom is -0.352 e. The van der Waals surface area contributed by atoms with Gasteiger partial charge in [0.1, 0.15) is 17.9 Å². The first kappa shape index (κ1) is 14.2. The molecule has 1 saturated carbocycles. The summed E-state index contributed by atoms with van der Waals surface area (Å²) in [6.45, 7) is 2.37. The standard InChI is InChI=1S/C16H18N6O/c1-21-7-8-22(15-12(9-17)3-2-6-18-15)10-13(21)16-19-14(20-23-16)11-4-5-11/h2-3,6,11,13H,4-5,7-8,10H2,1H3/t13-/m0/s1. The zero-order valence-electron chi connectivity index (χ0n) is 13.0. The summed E-state index contributed by atoms with van der Waals surface area (Å²) in [4.78, 5) is 13.3. The zero-order chi connectivity index (χ0) is 15.8. The monoisotopic (exact) mass is 310 g/mol. The van der Waals surface area contributed by atoms with Crippen molar-refractivity contribution in [1.82, 2.24) is 20.0 Å². The van der Waals surface area contributed by atoms with Gasteiger partial charge in [-0.3, -0.25) is 4.90 Å². The molecule has 2 aliphatic rings. The Hall–Kier alpha value is -2.46. The Balaban J connectivity index is 1.58. The van der Waals surface area contributed by atoms with Crippen LogP contribution in [0.3, 0.4) is 0 Å². The van der Waals surface area contributed by atoms with Gasteiger partial charge in [-0.05, 0) is 32.0 Å². The highest BCUT2D eigenvalue weighted by Crippen LogP contribution is 2.39. The molecule has 3 heterocycles. The maximum atomic E-state index is 9.29. The molecular weight excluding hydrogens is 292 g/mol. The van der Waals surface area contributed by atoms with Crippen LogP contribution in [0.2, 0.25) is 0 Å². The van der Waals surface area contributed by atoms with Crippen LogP contribution < -0.4 is 4.90 Å². The van der Waals surface area contributed by atoms with E-state index in [1.54, 1.807) is 18.3 Å². The lowest BCUT2D eigenvalue weighted by molar-refractivity contribution is 0.177. The summed E-state index contributed by atoms with van der Waals surface area (Å²) in [6, 6.07) is 5.83. The molecule has 1 aliphatic heterocycles. The minimum atomic E-state index is 0.0253. The SMILES string of the molecule is CN1CCN(c2ncccc2C#N)C[C@H]1c1nc(C2CC2)no1. The van der Waals surface area contributed by atoms with E-state index in [0.717, 1.165) is 37.6 Å². The van der Waals surface area contributed by atoms with Crippen molar-refractivity contribution in [2.75, 3.05) is 31.6 Å². The Morgan fingerprint density at radius 3 is 3.00 bits per heavy atom. The van der Waals surface area contributed by atoms with E-state index in [4.69, 9.17) is 4.52 Å². The molecule has 0 amide bonds. The summed E-state index contributed by atoms with van der Waals surface area (Å²) in [5.74, 6) is 2.71. The second-order valence-corrected chi connectivity index (χ2v) is 6.19. The van der Waals surface area contributed by atoms with Gasteiger partial charge in [-0.15, -0.1) is 0 Å². The number of nitriles is 1. The van der Waals surface area contributed by atoms with E-state index in [1.165, 1.54) is 0 Å². The van der Waals surface area contributed by atoms with Crippen molar-refractivity contribution in [2.45, 2.75) is 24.8 Å². The number of piperazine rings is 1. The summed E-state index contributed by atoms with van der Waals surface area (Å²) in [5.41, 5.74) is 0.597. The number of nitrogens with zero attached hydrogens (tertiary/aromatic N) is 6. The number of aromatic nitrogens is 3. The molecular formula is C16H18N6O. The van der Waals surface area contributed by atoms with E-state index < -0.39 is 0 Å². The third kappa shape index (κ3) is 2.66. The molecule has 0 bridgehead atoms. The van der Waals surface area contributed by atoms with Gasteiger partial charge in [0.25, 0.3) is 0 Å². The maximum absolute atomic E-state index is 9.29. The van der Waals surface area contributed by atoms with Gasteiger partial charge in [0, 0.05) is 31.7 Å². The fraction of sp³-hybridized carbons (Fsp3) is 0.500. The quantitative estimate of drug-likeness (QED) is 0.853. The van der Waals surface area contributed by atoms with Crippen molar-refractivity contribution in [2.24, 2.45) is 0 Å². The molecule has 1 saturated heterocycles. The fourth-order valence-corrected chi connectivity index (χ4v) is 2.96. The summed E-state index contributed by atoms with van der Waals surface area (Å²) in [7, 11) is 2.06. The molecule has 118 valence electrons.